The van der Waals surface area contributed by atoms with Gasteiger partial charge in [-0.15, -0.1) is 10.2 Å². The van der Waals surface area contributed by atoms with Crippen molar-refractivity contribution in [2.45, 2.75) is 31.6 Å². The highest BCUT2D eigenvalue weighted by molar-refractivity contribution is 9.10. The Labute approximate surface area is 218 Å². The van der Waals surface area contributed by atoms with E-state index in [1.54, 1.807) is 6.07 Å². The minimum Gasteiger partial charge on any atom is -0.368 e. The number of carbonyl (C=O) groups excluding carboxylic acids is 2. The number of piperazine rings is 1. The van der Waals surface area contributed by atoms with Gasteiger partial charge in [0.2, 0.25) is 5.91 Å². The zero-order valence-corrected chi connectivity index (χ0v) is 22.3. The van der Waals surface area contributed by atoms with E-state index >= 15 is 0 Å². The van der Waals surface area contributed by atoms with Crippen LogP contribution in [0.2, 0.25) is 0 Å². The lowest BCUT2D eigenvalue weighted by Gasteiger charge is -2.36. The normalized spacial score (nSPS) is 14.6. The van der Waals surface area contributed by atoms with Crippen molar-refractivity contribution in [3.8, 4) is 0 Å². The van der Waals surface area contributed by atoms with Crippen molar-refractivity contribution in [3.05, 3.63) is 70.5 Å². The van der Waals surface area contributed by atoms with Crippen molar-refractivity contribution in [1.82, 2.24) is 25.0 Å². The van der Waals surface area contributed by atoms with Crippen LogP contribution in [0.5, 0.6) is 0 Å². The summed E-state index contributed by atoms with van der Waals surface area (Å²) in [5, 5.41) is 12.3. The third-order valence-corrected chi connectivity index (χ3v) is 7.64. The largest absolute Gasteiger partial charge is 0.368 e. The van der Waals surface area contributed by atoms with E-state index in [-0.39, 0.29) is 17.9 Å². The molecule has 1 aliphatic rings. The highest BCUT2D eigenvalue weighted by Crippen LogP contribution is 2.23. The summed E-state index contributed by atoms with van der Waals surface area (Å²) in [6.45, 7) is 7.59. The molecule has 1 fully saturated rings. The number of hydrogen-bond acceptors (Lipinski definition) is 6. The first kappa shape index (κ1) is 25.2. The minimum absolute atomic E-state index is 0.102. The van der Waals surface area contributed by atoms with Gasteiger partial charge in [-0.25, -0.2) is 0 Å². The highest BCUT2D eigenvalue weighted by Gasteiger charge is 2.24. The Hall–Kier alpha value is -2.85. The van der Waals surface area contributed by atoms with Crippen molar-refractivity contribution in [1.29, 1.82) is 0 Å². The van der Waals surface area contributed by atoms with Crippen LogP contribution in [0.3, 0.4) is 0 Å². The second-order valence-corrected chi connectivity index (χ2v) is 10.0. The van der Waals surface area contributed by atoms with Gasteiger partial charge in [0, 0.05) is 42.9 Å². The second kappa shape index (κ2) is 11.7. The summed E-state index contributed by atoms with van der Waals surface area (Å²) in [5.74, 6) is 0.889. The number of nitrogens with zero attached hydrogens (tertiary/aromatic N) is 5. The molecule has 3 aromatic rings. The summed E-state index contributed by atoms with van der Waals surface area (Å²) in [6.07, 6.45) is 0. The third kappa shape index (κ3) is 6.05. The van der Waals surface area contributed by atoms with E-state index in [9.17, 15) is 9.59 Å². The molecule has 1 aromatic heterocycles. The van der Waals surface area contributed by atoms with Crippen molar-refractivity contribution in [2.24, 2.45) is 0 Å². The van der Waals surface area contributed by atoms with Gasteiger partial charge in [-0.1, -0.05) is 42.1 Å². The lowest BCUT2D eigenvalue weighted by molar-refractivity contribution is -0.128. The van der Waals surface area contributed by atoms with Crippen molar-refractivity contribution < 1.29 is 9.59 Å². The summed E-state index contributed by atoms with van der Waals surface area (Å²) in [7, 11) is 0. The molecule has 184 valence electrons. The fourth-order valence-corrected chi connectivity index (χ4v) is 5.46. The molecule has 10 heteroatoms. The molecule has 2 heterocycles. The molecule has 0 aliphatic carbocycles. The maximum atomic E-state index is 12.9. The molecule has 2 aromatic carbocycles. The van der Waals surface area contributed by atoms with E-state index in [1.165, 1.54) is 17.4 Å². The van der Waals surface area contributed by atoms with Gasteiger partial charge in [0.05, 0.1) is 17.4 Å². The van der Waals surface area contributed by atoms with Crippen LogP contribution in [-0.2, 0) is 11.3 Å². The summed E-state index contributed by atoms with van der Waals surface area (Å²) in [5.41, 5.74) is 1.76. The Morgan fingerprint density at radius 2 is 1.71 bits per heavy atom. The monoisotopic (exact) mass is 556 g/mol. The maximum absolute atomic E-state index is 12.9. The highest BCUT2D eigenvalue weighted by atomic mass is 79.9. The Balaban J connectivity index is 1.32. The first-order valence-corrected chi connectivity index (χ1v) is 13.4. The Morgan fingerprint density at radius 3 is 2.40 bits per heavy atom. The average Bonchev–Trinajstić information content (AvgIpc) is 3.31. The number of hydrogen-bond donors (Lipinski definition) is 1. The summed E-state index contributed by atoms with van der Waals surface area (Å²) >= 11 is 4.81. The van der Waals surface area contributed by atoms with Gasteiger partial charge in [-0.3, -0.25) is 9.59 Å². The lowest BCUT2D eigenvalue weighted by atomic mass is 10.2. The number of anilines is 1. The molecule has 0 spiro atoms. The Morgan fingerprint density at radius 1 is 1.03 bits per heavy atom. The number of halogens is 1. The Bertz CT molecular complexity index is 1160. The molecule has 35 heavy (non-hydrogen) atoms. The number of para-hydroxylation sites is 1. The fourth-order valence-electron chi connectivity index (χ4n) is 4.08. The molecule has 2 amide bonds. The van der Waals surface area contributed by atoms with E-state index in [0.717, 1.165) is 17.6 Å². The van der Waals surface area contributed by atoms with Gasteiger partial charge >= 0.3 is 0 Å². The number of nitrogens with one attached hydrogen (secondary N) is 1. The number of benzene rings is 2. The van der Waals surface area contributed by atoms with E-state index < -0.39 is 0 Å². The molecule has 4 rings (SSSR count). The number of rotatable bonds is 8. The first-order valence-electron chi connectivity index (χ1n) is 11.7. The Kier molecular flexibility index (Phi) is 8.46. The molecule has 1 atom stereocenters. The smallest absolute Gasteiger partial charge is 0.253 e. The molecule has 0 saturated carbocycles. The molecular weight excluding hydrogens is 528 g/mol. The van der Waals surface area contributed by atoms with Crippen LogP contribution in [0, 0.1) is 0 Å². The van der Waals surface area contributed by atoms with Gasteiger partial charge in [-0.2, -0.15) is 0 Å². The summed E-state index contributed by atoms with van der Waals surface area (Å²) in [6, 6.07) is 17.2. The number of thioether (sulfide) groups is 1. The standard InChI is InChI=1S/C25H29BrN6O2S/c1-3-32-23(18(2)27-24(34)20-11-7-8-12-21(20)26)28-29-25(32)35-17-22(33)31-15-13-30(14-16-31)19-9-5-4-6-10-19/h4-12,18H,3,13-17H2,1-2H3,(H,27,34)/t18-/m1/s1. The van der Waals surface area contributed by atoms with E-state index in [0.29, 0.717) is 41.9 Å². The zero-order valence-electron chi connectivity index (χ0n) is 19.9. The molecule has 0 bridgehead atoms. The van der Waals surface area contributed by atoms with Gasteiger partial charge in [0.1, 0.15) is 0 Å². The van der Waals surface area contributed by atoms with Gasteiger partial charge < -0.3 is 19.7 Å². The maximum Gasteiger partial charge on any atom is 0.253 e. The molecule has 0 unspecified atom stereocenters. The van der Waals surface area contributed by atoms with Gasteiger partial charge in [0.25, 0.3) is 5.91 Å². The molecule has 0 radical (unpaired) electrons. The van der Waals surface area contributed by atoms with Crippen molar-refractivity contribution in [2.75, 3.05) is 36.8 Å². The third-order valence-electron chi connectivity index (χ3n) is 5.99. The summed E-state index contributed by atoms with van der Waals surface area (Å²) in [4.78, 5) is 29.8. The van der Waals surface area contributed by atoms with Crippen molar-refractivity contribution >= 4 is 45.2 Å². The second-order valence-electron chi connectivity index (χ2n) is 8.25. The predicted octanol–water partition coefficient (Wildman–Crippen LogP) is 3.99. The quantitative estimate of drug-likeness (QED) is 0.422. The molecular formula is C25H29BrN6O2S. The molecule has 1 N–H and O–H groups in total. The van der Waals surface area contributed by atoms with Crippen LogP contribution in [0.4, 0.5) is 5.69 Å². The van der Waals surface area contributed by atoms with Crippen LogP contribution in [-0.4, -0.2) is 63.4 Å². The topological polar surface area (TPSA) is 83.4 Å². The number of aromatic nitrogens is 3. The first-order chi connectivity index (χ1) is 17.0. The minimum atomic E-state index is -0.335. The van der Waals surface area contributed by atoms with E-state index in [4.69, 9.17) is 0 Å². The van der Waals surface area contributed by atoms with Crippen LogP contribution in [0.25, 0.3) is 0 Å². The van der Waals surface area contributed by atoms with Crippen LogP contribution in [0.1, 0.15) is 36.1 Å². The average molecular weight is 558 g/mol. The summed E-state index contributed by atoms with van der Waals surface area (Å²) < 4.78 is 2.69. The molecule has 8 nitrogen and oxygen atoms in total. The van der Waals surface area contributed by atoms with Gasteiger partial charge in [0.15, 0.2) is 11.0 Å². The van der Waals surface area contributed by atoms with Crippen molar-refractivity contribution in [3.63, 3.8) is 0 Å². The SMILES string of the molecule is CCn1c(SCC(=O)N2CCN(c3ccccc3)CC2)nnc1[C@@H](C)NC(=O)c1ccccc1Br. The van der Waals surface area contributed by atoms with Gasteiger partial charge in [-0.05, 0) is 54.0 Å². The molecule has 1 aliphatic heterocycles. The molecule has 1 saturated heterocycles. The zero-order chi connectivity index (χ0) is 24.8. The lowest BCUT2D eigenvalue weighted by Crippen LogP contribution is -2.49. The van der Waals surface area contributed by atoms with Crippen LogP contribution in [0.15, 0.2) is 64.2 Å². The van der Waals surface area contributed by atoms with Crippen LogP contribution >= 0.6 is 27.7 Å². The number of amides is 2. The predicted molar refractivity (Wildman–Crippen MR) is 142 cm³/mol. The van der Waals surface area contributed by atoms with E-state index in [1.807, 2.05) is 59.7 Å². The fraction of sp³-hybridized carbons (Fsp3) is 0.360. The van der Waals surface area contributed by atoms with Crippen LogP contribution < -0.4 is 10.2 Å². The van der Waals surface area contributed by atoms with E-state index in [2.05, 4.69) is 48.5 Å². The number of carbonyl (C=O) groups is 2.